The molecule has 1 aromatic carbocycles. The van der Waals surface area contributed by atoms with Gasteiger partial charge in [0.1, 0.15) is 0 Å². The quantitative estimate of drug-likeness (QED) is 0.351. The standard InChI is InChI=1S/C16H24N2O3/c19-15(12-11-14-8-4-3-5-9-14)17-13-7-2-1-6-10-16(20)18-21/h3-5,8-9,21H,1-2,6-7,10-13H2,(H,17,19)(H,18,20). The molecule has 0 atom stereocenters. The first kappa shape index (κ1) is 17.2. The summed E-state index contributed by atoms with van der Waals surface area (Å²) >= 11 is 0. The number of hydrogen-bond donors (Lipinski definition) is 3. The maximum atomic E-state index is 11.6. The molecule has 0 spiro atoms. The van der Waals surface area contributed by atoms with Crippen LogP contribution in [0.25, 0.3) is 0 Å². The molecule has 5 heteroatoms. The average molecular weight is 292 g/mol. The van der Waals surface area contributed by atoms with Gasteiger partial charge < -0.3 is 5.32 Å². The van der Waals surface area contributed by atoms with Crippen molar-refractivity contribution in [2.75, 3.05) is 6.54 Å². The first-order chi connectivity index (χ1) is 10.2. The van der Waals surface area contributed by atoms with E-state index in [0.717, 1.165) is 32.1 Å². The minimum Gasteiger partial charge on any atom is -0.356 e. The predicted molar refractivity (Wildman–Crippen MR) is 80.8 cm³/mol. The second-order valence-electron chi connectivity index (χ2n) is 5.03. The van der Waals surface area contributed by atoms with Gasteiger partial charge >= 0.3 is 0 Å². The summed E-state index contributed by atoms with van der Waals surface area (Å²) in [6.45, 7) is 0.680. The van der Waals surface area contributed by atoms with E-state index in [2.05, 4.69) is 5.32 Å². The Kier molecular flexibility index (Phi) is 8.88. The Hall–Kier alpha value is -1.88. The number of benzene rings is 1. The Bertz CT molecular complexity index is 421. The molecule has 0 saturated carbocycles. The summed E-state index contributed by atoms with van der Waals surface area (Å²) < 4.78 is 0. The van der Waals surface area contributed by atoms with Crippen LogP contribution in [0.15, 0.2) is 30.3 Å². The zero-order valence-corrected chi connectivity index (χ0v) is 12.3. The Morgan fingerprint density at radius 2 is 1.62 bits per heavy atom. The van der Waals surface area contributed by atoms with Crippen LogP contribution in [0.1, 0.15) is 44.1 Å². The summed E-state index contributed by atoms with van der Waals surface area (Å²) in [5.41, 5.74) is 2.79. The normalized spacial score (nSPS) is 10.1. The van der Waals surface area contributed by atoms with Crippen LogP contribution in [0.2, 0.25) is 0 Å². The van der Waals surface area contributed by atoms with E-state index >= 15 is 0 Å². The van der Waals surface area contributed by atoms with Crippen molar-refractivity contribution >= 4 is 11.8 Å². The van der Waals surface area contributed by atoms with E-state index in [0.29, 0.717) is 19.4 Å². The fraction of sp³-hybridized carbons (Fsp3) is 0.500. The van der Waals surface area contributed by atoms with E-state index in [9.17, 15) is 9.59 Å². The highest BCUT2D eigenvalue weighted by Crippen LogP contribution is 2.03. The van der Waals surface area contributed by atoms with Crippen molar-refractivity contribution in [3.8, 4) is 0 Å². The van der Waals surface area contributed by atoms with Crippen LogP contribution in [0, 0.1) is 0 Å². The summed E-state index contributed by atoms with van der Waals surface area (Å²) in [4.78, 5) is 22.4. The summed E-state index contributed by atoms with van der Waals surface area (Å²) in [6.07, 6.45) is 5.20. The molecule has 0 unspecified atom stereocenters. The molecule has 1 aromatic rings. The molecular formula is C16H24N2O3. The van der Waals surface area contributed by atoms with Crippen molar-refractivity contribution in [1.82, 2.24) is 10.8 Å². The van der Waals surface area contributed by atoms with Crippen molar-refractivity contribution in [3.05, 3.63) is 35.9 Å². The van der Waals surface area contributed by atoms with Gasteiger partial charge in [0.15, 0.2) is 0 Å². The Balaban J connectivity index is 1.95. The number of aryl methyl sites for hydroxylation is 1. The number of carbonyl (C=O) groups excluding carboxylic acids is 2. The predicted octanol–water partition coefficient (Wildman–Crippen LogP) is 2.19. The highest BCUT2D eigenvalue weighted by Gasteiger charge is 2.02. The van der Waals surface area contributed by atoms with Crippen LogP contribution >= 0.6 is 0 Å². The molecule has 0 aliphatic carbocycles. The molecule has 0 heterocycles. The van der Waals surface area contributed by atoms with Crippen LogP contribution in [0.4, 0.5) is 0 Å². The van der Waals surface area contributed by atoms with E-state index in [1.54, 1.807) is 5.48 Å². The topological polar surface area (TPSA) is 78.4 Å². The zero-order valence-electron chi connectivity index (χ0n) is 12.3. The average Bonchev–Trinajstić information content (AvgIpc) is 2.52. The molecule has 2 amide bonds. The molecule has 0 aromatic heterocycles. The molecule has 0 aliphatic heterocycles. The van der Waals surface area contributed by atoms with Crippen LogP contribution in [-0.2, 0) is 16.0 Å². The van der Waals surface area contributed by atoms with Crippen molar-refractivity contribution in [3.63, 3.8) is 0 Å². The molecule has 1 rings (SSSR count). The highest BCUT2D eigenvalue weighted by atomic mass is 16.5. The SMILES string of the molecule is O=C(CCCCCCNC(=O)CCc1ccccc1)NO. The van der Waals surface area contributed by atoms with E-state index in [1.807, 2.05) is 30.3 Å². The molecule has 21 heavy (non-hydrogen) atoms. The second-order valence-corrected chi connectivity index (χ2v) is 5.03. The van der Waals surface area contributed by atoms with Gasteiger partial charge in [-0.3, -0.25) is 14.8 Å². The van der Waals surface area contributed by atoms with Gasteiger partial charge in [0.2, 0.25) is 11.8 Å². The largest absolute Gasteiger partial charge is 0.356 e. The van der Waals surface area contributed by atoms with Gasteiger partial charge in [-0.15, -0.1) is 0 Å². The lowest BCUT2D eigenvalue weighted by Gasteiger charge is -2.05. The molecule has 0 aliphatic rings. The number of rotatable bonds is 10. The summed E-state index contributed by atoms with van der Waals surface area (Å²) in [5, 5.41) is 11.2. The fourth-order valence-corrected chi connectivity index (χ4v) is 2.04. The monoisotopic (exact) mass is 292 g/mol. The van der Waals surface area contributed by atoms with E-state index in [4.69, 9.17) is 5.21 Å². The second kappa shape index (κ2) is 10.9. The Morgan fingerprint density at radius 1 is 0.905 bits per heavy atom. The van der Waals surface area contributed by atoms with E-state index in [1.165, 1.54) is 5.56 Å². The molecule has 0 fully saturated rings. The van der Waals surface area contributed by atoms with Gasteiger partial charge in [-0.2, -0.15) is 0 Å². The third kappa shape index (κ3) is 8.81. The van der Waals surface area contributed by atoms with E-state index < -0.39 is 0 Å². The summed E-state index contributed by atoms with van der Waals surface area (Å²) in [6, 6.07) is 9.97. The fourth-order valence-electron chi connectivity index (χ4n) is 2.04. The van der Waals surface area contributed by atoms with Gasteiger partial charge in [0.05, 0.1) is 0 Å². The first-order valence-electron chi connectivity index (χ1n) is 7.46. The Labute approximate surface area is 125 Å². The number of unbranched alkanes of at least 4 members (excludes halogenated alkanes) is 3. The molecule has 116 valence electrons. The van der Waals surface area contributed by atoms with Crippen LogP contribution in [0.5, 0.6) is 0 Å². The maximum absolute atomic E-state index is 11.6. The lowest BCUT2D eigenvalue weighted by molar-refractivity contribution is -0.129. The Morgan fingerprint density at radius 3 is 2.33 bits per heavy atom. The number of hydrogen-bond acceptors (Lipinski definition) is 3. The van der Waals surface area contributed by atoms with E-state index in [-0.39, 0.29) is 11.8 Å². The molecule has 0 bridgehead atoms. The lowest BCUT2D eigenvalue weighted by Crippen LogP contribution is -2.24. The number of hydroxylamine groups is 1. The molecular weight excluding hydrogens is 268 g/mol. The van der Waals surface area contributed by atoms with Crippen LogP contribution in [-0.4, -0.2) is 23.6 Å². The van der Waals surface area contributed by atoms with Crippen molar-refractivity contribution in [1.29, 1.82) is 0 Å². The highest BCUT2D eigenvalue weighted by molar-refractivity contribution is 5.76. The zero-order chi connectivity index (χ0) is 15.3. The smallest absolute Gasteiger partial charge is 0.243 e. The van der Waals surface area contributed by atoms with Gasteiger partial charge in [-0.05, 0) is 24.8 Å². The number of carbonyl (C=O) groups is 2. The van der Waals surface area contributed by atoms with Gasteiger partial charge in [-0.25, -0.2) is 5.48 Å². The molecule has 0 saturated heterocycles. The molecule has 5 nitrogen and oxygen atoms in total. The first-order valence-corrected chi connectivity index (χ1v) is 7.46. The third-order valence-electron chi connectivity index (χ3n) is 3.26. The number of amides is 2. The van der Waals surface area contributed by atoms with Crippen molar-refractivity contribution in [2.45, 2.75) is 44.9 Å². The minimum atomic E-state index is -0.343. The summed E-state index contributed by atoms with van der Waals surface area (Å²) in [5.74, 6) is -0.261. The lowest BCUT2D eigenvalue weighted by atomic mass is 10.1. The summed E-state index contributed by atoms with van der Waals surface area (Å²) in [7, 11) is 0. The molecule has 3 N–H and O–H groups in total. The van der Waals surface area contributed by atoms with Gasteiger partial charge in [-0.1, -0.05) is 43.2 Å². The minimum absolute atomic E-state index is 0.0820. The van der Waals surface area contributed by atoms with Crippen molar-refractivity contribution in [2.24, 2.45) is 0 Å². The van der Waals surface area contributed by atoms with Gasteiger partial charge in [0, 0.05) is 19.4 Å². The van der Waals surface area contributed by atoms with Crippen molar-refractivity contribution < 1.29 is 14.8 Å². The van der Waals surface area contributed by atoms with Gasteiger partial charge in [0.25, 0.3) is 0 Å². The maximum Gasteiger partial charge on any atom is 0.243 e. The third-order valence-corrected chi connectivity index (χ3v) is 3.26. The van der Waals surface area contributed by atoms with Crippen LogP contribution < -0.4 is 10.8 Å². The number of nitrogens with one attached hydrogen (secondary N) is 2. The van der Waals surface area contributed by atoms with Crippen LogP contribution in [0.3, 0.4) is 0 Å². The molecule has 0 radical (unpaired) electrons.